The Labute approximate surface area is 263 Å². The van der Waals surface area contributed by atoms with E-state index < -0.39 is 12.1 Å². The number of fused-ring (bicyclic) bond motifs is 4. The Hall–Kier alpha value is -4.63. The van der Waals surface area contributed by atoms with Crippen molar-refractivity contribution in [3.8, 4) is 5.69 Å². The number of hydrogen-bond acceptors (Lipinski definition) is 5. The fraction of sp³-hybridized carbons (Fsp3) is 0.118. The van der Waals surface area contributed by atoms with E-state index in [4.69, 9.17) is 23.2 Å². The molecule has 220 valence electrons. The number of nitrogens with zero attached hydrogens (tertiary/aromatic N) is 5. The Morgan fingerprint density at radius 2 is 1.48 bits per heavy atom. The highest BCUT2D eigenvalue weighted by Gasteiger charge is 2.28. The second kappa shape index (κ2) is 12.2. The van der Waals surface area contributed by atoms with Crippen molar-refractivity contribution >= 4 is 46.2 Å². The molecule has 3 heterocycles. The number of aliphatic imine (C=N–C) groups is 2. The predicted octanol–water partition coefficient (Wildman–Crippen LogP) is 6.80. The number of likely N-dealkylation sites (N-methyl/N-ethyl adjacent to an activating group) is 1. The van der Waals surface area contributed by atoms with Crippen molar-refractivity contribution in [2.24, 2.45) is 9.98 Å². The number of rotatable bonds is 2. The maximum atomic E-state index is 14.3. The Bertz CT molecular complexity index is 1950. The number of carbonyl (C=O) groups is 1. The lowest BCUT2D eigenvalue weighted by atomic mass is 10.00. The van der Waals surface area contributed by atoms with E-state index in [2.05, 4.69) is 15.0 Å². The number of aryl methyl sites for hydroxylation is 1. The Morgan fingerprint density at radius 3 is 2.18 bits per heavy atom. The molecule has 5 aromatic rings. The third kappa shape index (κ3) is 5.55. The van der Waals surface area contributed by atoms with Crippen LogP contribution in [0.15, 0.2) is 107 Å². The largest absolute Gasteiger partial charge is 0.364 e. The lowest BCUT2D eigenvalue weighted by Crippen LogP contribution is -2.34. The van der Waals surface area contributed by atoms with Gasteiger partial charge in [-0.1, -0.05) is 65.7 Å². The average molecular weight is 627 g/mol. The maximum absolute atomic E-state index is 14.3. The number of aliphatic hydroxyl groups is 1. The van der Waals surface area contributed by atoms with E-state index in [0.717, 1.165) is 33.9 Å². The topological polar surface area (TPSA) is 83.1 Å². The summed E-state index contributed by atoms with van der Waals surface area (Å²) in [5.41, 5.74) is 6.56. The molecule has 0 saturated heterocycles. The molecule has 0 bridgehead atoms. The SMILES string of the molecule is CN1C(=O)C(O)N=C(c2ccccc2)c2cc(Cl)ccc21.Cc1ncc2n1-c1ccc(Cl)cc1C(c1ccccc1F)=NC2. The van der Waals surface area contributed by atoms with Gasteiger partial charge in [-0.25, -0.2) is 14.4 Å². The van der Waals surface area contributed by atoms with Gasteiger partial charge in [0.05, 0.1) is 41.2 Å². The molecule has 1 atom stereocenters. The monoisotopic (exact) mass is 625 g/mol. The minimum absolute atomic E-state index is 0.293. The van der Waals surface area contributed by atoms with Crippen molar-refractivity contribution in [1.82, 2.24) is 9.55 Å². The smallest absolute Gasteiger partial charge is 0.278 e. The van der Waals surface area contributed by atoms with E-state index in [-0.39, 0.29) is 5.82 Å². The van der Waals surface area contributed by atoms with Crippen molar-refractivity contribution in [1.29, 1.82) is 0 Å². The molecule has 7 rings (SSSR count). The zero-order valence-corrected chi connectivity index (χ0v) is 25.3. The first-order valence-corrected chi connectivity index (χ1v) is 14.5. The number of hydrogen-bond donors (Lipinski definition) is 1. The van der Waals surface area contributed by atoms with Crippen LogP contribution in [0.4, 0.5) is 10.1 Å². The summed E-state index contributed by atoms with van der Waals surface area (Å²) in [4.78, 5) is 26.7. The molecule has 2 aliphatic rings. The van der Waals surface area contributed by atoms with Crippen LogP contribution >= 0.6 is 23.2 Å². The van der Waals surface area contributed by atoms with Crippen LogP contribution in [-0.4, -0.2) is 45.3 Å². The van der Waals surface area contributed by atoms with Crippen LogP contribution in [0.5, 0.6) is 0 Å². The molecular formula is C34H26Cl2FN5O2. The van der Waals surface area contributed by atoms with Gasteiger partial charge in [0.15, 0.2) is 0 Å². The molecular weight excluding hydrogens is 600 g/mol. The van der Waals surface area contributed by atoms with Crippen molar-refractivity contribution in [2.45, 2.75) is 19.7 Å². The fourth-order valence-electron chi connectivity index (χ4n) is 5.31. The van der Waals surface area contributed by atoms with E-state index in [1.54, 1.807) is 37.4 Å². The summed E-state index contributed by atoms with van der Waals surface area (Å²) >= 11 is 12.3. The summed E-state index contributed by atoms with van der Waals surface area (Å²) in [7, 11) is 1.61. The highest BCUT2D eigenvalue weighted by Crippen LogP contribution is 2.31. The first kappa shape index (κ1) is 29.4. The van der Waals surface area contributed by atoms with E-state index >= 15 is 0 Å². The zero-order valence-electron chi connectivity index (χ0n) is 23.7. The molecule has 10 heteroatoms. The standard InChI is InChI=1S/C18H13ClFN3.C16H13ClN2O2/c1-11-21-9-13-10-22-18(14-4-2-3-5-16(14)20)15-8-12(19)6-7-17(15)23(11)13;1-19-13-8-7-11(17)9-12(13)14(18-15(20)16(19)21)10-5-3-2-4-6-10/h2-9H,10H2,1H3;2-9,15,20H,1H3. The number of carbonyl (C=O) groups excluding carboxylic acids is 1. The molecule has 44 heavy (non-hydrogen) atoms. The van der Waals surface area contributed by atoms with Crippen molar-refractivity contribution in [3.05, 3.63) is 147 Å². The molecule has 1 unspecified atom stereocenters. The van der Waals surface area contributed by atoms with Gasteiger partial charge in [-0.15, -0.1) is 0 Å². The summed E-state index contributed by atoms with van der Waals surface area (Å²) in [6.07, 6.45) is 0.387. The molecule has 2 aliphatic heterocycles. The third-order valence-electron chi connectivity index (χ3n) is 7.42. The molecule has 0 saturated carbocycles. The van der Waals surface area contributed by atoms with Crippen LogP contribution in [-0.2, 0) is 11.3 Å². The van der Waals surface area contributed by atoms with Gasteiger partial charge >= 0.3 is 0 Å². The van der Waals surface area contributed by atoms with Crippen LogP contribution in [0.3, 0.4) is 0 Å². The van der Waals surface area contributed by atoms with Crippen LogP contribution in [0.1, 0.15) is 33.8 Å². The number of anilines is 1. The summed E-state index contributed by atoms with van der Waals surface area (Å²) in [6, 6.07) is 26.9. The third-order valence-corrected chi connectivity index (χ3v) is 7.89. The summed E-state index contributed by atoms with van der Waals surface area (Å²) < 4.78 is 16.3. The van der Waals surface area contributed by atoms with Gasteiger partial charge in [0.25, 0.3) is 5.91 Å². The van der Waals surface area contributed by atoms with E-state index in [9.17, 15) is 14.3 Å². The minimum Gasteiger partial charge on any atom is -0.364 e. The molecule has 1 amide bonds. The number of benzene rings is 4. The Morgan fingerprint density at radius 1 is 0.841 bits per heavy atom. The van der Waals surface area contributed by atoms with Gasteiger partial charge in [-0.2, -0.15) is 0 Å². The summed E-state index contributed by atoms with van der Waals surface area (Å²) in [6.45, 7) is 2.38. The van der Waals surface area contributed by atoms with Crippen molar-refractivity contribution in [3.63, 3.8) is 0 Å². The molecule has 0 spiro atoms. The van der Waals surface area contributed by atoms with Crippen LogP contribution in [0.25, 0.3) is 5.69 Å². The highest BCUT2D eigenvalue weighted by molar-refractivity contribution is 6.32. The lowest BCUT2D eigenvalue weighted by Gasteiger charge is -2.18. The van der Waals surface area contributed by atoms with Gasteiger partial charge < -0.3 is 10.0 Å². The maximum Gasteiger partial charge on any atom is 0.278 e. The van der Waals surface area contributed by atoms with E-state index in [1.807, 2.05) is 72.3 Å². The van der Waals surface area contributed by atoms with Crippen molar-refractivity contribution in [2.75, 3.05) is 11.9 Å². The van der Waals surface area contributed by atoms with Gasteiger partial charge in [0.2, 0.25) is 6.23 Å². The summed E-state index contributed by atoms with van der Waals surface area (Å²) in [5, 5.41) is 11.1. The molecule has 0 aliphatic carbocycles. The molecule has 1 aromatic heterocycles. The van der Waals surface area contributed by atoms with Gasteiger partial charge in [-0.3, -0.25) is 14.4 Å². The first-order chi connectivity index (χ1) is 21.2. The fourth-order valence-corrected chi connectivity index (χ4v) is 5.65. The number of benzodiazepines with no additional fused rings is 1. The van der Waals surface area contributed by atoms with E-state index in [1.165, 1.54) is 11.0 Å². The molecule has 4 aromatic carbocycles. The molecule has 0 radical (unpaired) electrons. The van der Waals surface area contributed by atoms with E-state index in [0.29, 0.717) is 39.3 Å². The average Bonchev–Trinajstić information content (AvgIpc) is 3.27. The van der Waals surface area contributed by atoms with Gasteiger partial charge in [-0.05, 0) is 55.5 Å². The van der Waals surface area contributed by atoms with Crippen molar-refractivity contribution < 1.29 is 14.3 Å². The predicted molar refractivity (Wildman–Crippen MR) is 172 cm³/mol. The number of amides is 1. The number of aromatic nitrogens is 2. The van der Waals surface area contributed by atoms with Gasteiger partial charge in [0.1, 0.15) is 11.6 Å². The van der Waals surface area contributed by atoms with Crippen LogP contribution in [0, 0.1) is 12.7 Å². The first-order valence-electron chi connectivity index (χ1n) is 13.7. The minimum atomic E-state index is -1.42. The highest BCUT2D eigenvalue weighted by atomic mass is 35.5. The lowest BCUT2D eigenvalue weighted by molar-refractivity contribution is -0.125. The normalized spacial score (nSPS) is 15.5. The Balaban J connectivity index is 0.000000157. The quantitative estimate of drug-likeness (QED) is 0.234. The number of halogens is 3. The summed E-state index contributed by atoms with van der Waals surface area (Å²) in [5.74, 6) is 0.108. The molecule has 0 fully saturated rings. The number of imidazole rings is 1. The Kier molecular flexibility index (Phi) is 8.14. The van der Waals surface area contributed by atoms with Crippen LogP contribution < -0.4 is 4.90 Å². The molecule has 1 N–H and O–H groups in total. The second-order valence-electron chi connectivity index (χ2n) is 10.2. The van der Waals surface area contributed by atoms with Crippen LogP contribution in [0.2, 0.25) is 10.0 Å². The second-order valence-corrected chi connectivity index (χ2v) is 11.1. The van der Waals surface area contributed by atoms with Gasteiger partial charge in [0, 0.05) is 39.3 Å². The number of aliphatic hydroxyl groups excluding tert-OH is 1. The zero-order chi connectivity index (χ0) is 31.0. The molecule has 7 nitrogen and oxygen atoms in total.